The van der Waals surface area contributed by atoms with Crippen molar-refractivity contribution in [1.82, 2.24) is 4.57 Å². The van der Waals surface area contributed by atoms with Crippen LogP contribution in [0.5, 0.6) is 0 Å². The molecular formula is C19H16N4O7S. The van der Waals surface area contributed by atoms with Gasteiger partial charge < -0.3 is 9.30 Å². The molecule has 0 N–H and O–H groups in total. The molecule has 0 aliphatic heterocycles. The average Bonchev–Trinajstić information content (AvgIpc) is 3.04. The van der Waals surface area contributed by atoms with E-state index in [1.165, 1.54) is 47.0 Å². The molecule has 0 atom stereocenters. The number of rotatable bonds is 7. The average molecular weight is 444 g/mol. The van der Waals surface area contributed by atoms with Gasteiger partial charge in [0.05, 0.1) is 33.1 Å². The van der Waals surface area contributed by atoms with Crippen LogP contribution < -0.4 is 4.80 Å². The molecule has 0 saturated carbocycles. The van der Waals surface area contributed by atoms with E-state index in [2.05, 4.69) is 4.99 Å². The number of hydrogen-bond donors (Lipinski definition) is 0. The third-order valence-electron chi connectivity index (χ3n) is 4.19. The Morgan fingerprint density at radius 1 is 1.06 bits per heavy atom. The van der Waals surface area contributed by atoms with Crippen LogP contribution in [0.3, 0.4) is 0 Å². The lowest BCUT2D eigenvalue weighted by atomic mass is 10.1. The number of thiazole rings is 1. The Morgan fingerprint density at radius 2 is 1.71 bits per heavy atom. The summed E-state index contributed by atoms with van der Waals surface area (Å²) < 4.78 is 6.92. The van der Waals surface area contributed by atoms with E-state index in [0.29, 0.717) is 15.8 Å². The van der Waals surface area contributed by atoms with Gasteiger partial charge in [-0.1, -0.05) is 23.5 Å². The number of non-ortho nitro benzene ring substituents is 2. The molecule has 0 saturated heterocycles. The van der Waals surface area contributed by atoms with Gasteiger partial charge in [-0.15, -0.1) is 0 Å². The molecule has 160 valence electrons. The number of benzene rings is 2. The molecule has 0 radical (unpaired) electrons. The van der Waals surface area contributed by atoms with E-state index in [9.17, 15) is 29.8 Å². The highest BCUT2D eigenvalue weighted by molar-refractivity contribution is 7.16. The maximum absolute atomic E-state index is 12.5. The molecule has 1 aromatic heterocycles. The van der Waals surface area contributed by atoms with Gasteiger partial charge in [0.1, 0.15) is 6.54 Å². The van der Waals surface area contributed by atoms with E-state index in [0.717, 1.165) is 11.3 Å². The maximum Gasteiger partial charge on any atom is 0.326 e. The van der Waals surface area contributed by atoms with Gasteiger partial charge in [-0.05, 0) is 18.6 Å². The summed E-state index contributed by atoms with van der Waals surface area (Å²) in [4.78, 5) is 49.5. The first kappa shape index (κ1) is 21.8. The van der Waals surface area contributed by atoms with Crippen LogP contribution in [-0.4, -0.2) is 32.9 Å². The highest BCUT2D eigenvalue weighted by atomic mass is 32.1. The molecule has 3 rings (SSSR count). The lowest BCUT2D eigenvalue weighted by molar-refractivity contribution is -0.385. The monoisotopic (exact) mass is 444 g/mol. The fraction of sp³-hybridized carbons (Fsp3) is 0.211. The number of carbonyl (C=O) groups is 2. The van der Waals surface area contributed by atoms with Gasteiger partial charge in [0.25, 0.3) is 17.3 Å². The van der Waals surface area contributed by atoms with Crippen LogP contribution in [0.25, 0.3) is 10.2 Å². The zero-order valence-corrected chi connectivity index (χ0v) is 17.0. The van der Waals surface area contributed by atoms with E-state index < -0.39 is 21.7 Å². The van der Waals surface area contributed by atoms with E-state index in [4.69, 9.17) is 4.74 Å². The van der Waals surface area contributed by atoms with Crippen LogP contribution in [0.1, 0.15) is 12.5 Å². The number of carbonyl (C=O) groups excluding carboxylic acids is 2. The second-order valence-corrected chi connectivity index (χ2v) is 7.30. The Labute approximate surface area is 178 Å². The van der Waals surface area contributed by atoms with Crippen molar-refractivity contribution in [2.75, 3.05) is 6.61 Å². The van der Waals surface area contributed by atoms with Gasteiger partial charge in [0, 0.05) is 24.3 Å². The van der Waals surface area contributed by atoms with Crippen molar-refractivity contribution in [1.29, 1.82) is 0 Å². The summed E-state index contributed by atoms with van der Waals surface area (Å²) in [6, 6.07) is 9.66. The molecular weight excluding hydrogens is 428 g/mol. The minimum Gasteiger partial charge on any atom is -0.465 e. The van der Waals surface area contributed by atoms with Crippen LogP contribution in [-0.2, 0) is 27.3 Å². The van der Waals surface area contributed by atoms with Gasteiger partial charge in [-0.3, -0.25) is 29.8 Å². The van der Waals surface area contributed by atoms with Crippen molar-refractivity contribution in [2.24, 2.45) is 4.99 Å². The zero-order valence-electron chi connectivity index (χ0n) is 16.2. The third-order valence-corrected chi connectivity index (χ3v) is 5.23. The van der Waals surface area contributed by atoms with Crippen LogP contribution in [0.2, 0.25) is 0 Å². The smallest absolute Gasteiger partial charge is 0.326 e. The normalized spacial score (nSPS) is 11.5. The number of esters is 1. The number of ether oxygens (including phenoxy) is 1. The Bertz CT molecular complexity index is 1240. The Hall–Kier alpha value is -3.93. The summed E-state index contributed by atoms with van der Waals surface area (Å²) in [7, 11) is 0. The molecule has 0 spiro atoms. The summed E-state index contributed by atoms with van der Waals surface area (Å²) in [5.74, 6) is -1.07. The van der Waals surface area contributed by atoms with Crippen molar-refractivity contribution < 1.29 is 24.2 Å². The molecule has 0 aliphatic carbocycles. The Balaban J connectivity index is 1.98. The summed E-state index contributed by atoms with van der Waals surface area (Å²) in [5, 5.41) is 21.8. The molecule has 0 bridgehead atoms. The third kappa shape index (κ3) is 5.17. The molecule has 12 heteroatoms. The molecule has 0 aliphatic rings. The molecule has 11 nitrogen and oxygen atoms in total. The van der Waals surface area contributed by atoms with Crippen LogP contribution in [0.4, 0.5) is 11.4 Å². The van der Waals surface area contributed by atoms with Crippen LogP contribution >= 0.6 is 11.3 Å². The first-order valence-corrected chi connectivity index (χ1v) is 9.84. The largest absolute Gasteiger partial charge is 0.465 e. The van der Waals surface area contributed by atoms with Crippen molar-refractivity contribution in [3.63, 3.8) is 0 Å². The quantitative estimate of drug-likeness (QED) is 0.309. The highest BCUT2D eigenvalue weighted by Crippen LogP contribution is 2.23. The molecule has 1 amide bonds. The van der Waals surface area contributed by atoms with E-state index in [1.807, 2.05) is 0 Å². The van der Waals surface area contributed by atoms with Gasteiger partial charge >= 0.3 is 5.97 Å². The molecule has 0 fully saturated rings. The Morgan fingerprint density at radius 3 is 2.32 bits per heavy atom. The van der Waals surface area contributed by atoms with E-state index in [1.54, 1.807) is 6.92 Å². The highest BCUT2D eigenvalue weighted by Gasteiger charge is 2.15. The predicted molar refractivity (Wildman–Crippen MR) is 110 cm³/mol. The first-order valence-electron chi connectivity index (χ1n) is 9.02. The first-order chi connectivity index (χ1) is 14.8. The molecule has 1 heterocycles. The summed E-state index contributed by atoms with van der Waals surface area (Å²) in [6.07, 6.45) is -0.105. The van der Waals surface area contributed by atoms with Crippen molar-refractivity contribution >= 4 is 44.8 Å². The molecule has 2 aromatic carbocycles. The number of nitro groups is 2. The number of fused-ring (bicyclic) bond motifs is 1. The van der Waals surface area contributed by atoms with E-state index in [-0.39, 0.29) is 35.7 Å². The van der Waals surface area contributed by atoms with Gasteiger partial charge in [0.15, 0.2) is 4.80 Å². The number of nitrogens with zero attached hydrogens (tertiary/aromatic N) is 4. The number of aromatic nitrogens is 1. The summed E-state index contributed by atoms with van der Waals surface area (Å²) in [6.45, 7) is 1.63. The molecule has 0 unspecified atom stereocenters. The second-order valence-electron chi connectivity index (χ2n) is 6.29. The number of hydrogen-bond acceptors (Lipinski definition) is 8. The minimum absolute atomic E-state index is 0.0912. The number of amides is 1. The summed E-state index contributed by atoms with van der Waals surface area (Å²) >= 11 is 1.03. The van der Waals surface area contributed by atoms with Crippen LogP contribution in [0.15, 0.2) is 47.5 Å². The zero-order chi connectivity index (χ0) is 22.5. The molecule has 31 heavy (non-hydrogen) atoms. The standard InChI is InChI=1S/C19H16N4O7S/c1-2-30-18(25)11-21-15-8-7-14(23(28)29)10-16(15)31-19(21)20-17(24)9-12-3-5-13(6-4-12)22(26)27/h3-8,10H,2,9,11H2,1H3. The summed E-state index contributed by atoms with van der Waals surface area (Å²) in [5.41, 5.74) is 0.825. The molecule has 3 aromatic rings. The topological polar surface area (TPSA) is 147 Å². The lowest BCUT2D eigenvalue weighted by Gasteiger charge is -2.05. The van der Waals surface area contributed by atoms with Gasteiger partial charge in [0.2, 0.25) is 0 Å². The maximum atomic E-state index is 12.5. The fourth-order valence-electron chi connectivity index (χ4n) is 2.81. The van der Waals surface area contributed by atoms with E-state index >= 15 is 0 Å². The second kappa shape index (κ2) is 9.26. The number of nitro benzene ring substituents is 2. The lowest BCUT2D eigenvalue weighted by Crippen LogP contribution is -2.23. The minimum atomic E-state index is -0.537. The fourth-order valence-corrected chi connectivity index (χ4v) is 3.89. The van der Waals surface area contributed by atoms with Crippen molar-refractivity contribution in [2.45, 2.75) is 19.9 Å². The van der Waals surface area contributed by atoms with Crippen molar-refractivity contribution in [3.05, 3.63) is 73.1 Å². The van der Waals surface area contributed by atoms with Gasteiger partial charge in [-0.25, -0.2) is 0 Å². The van der Waals surface area contributed by atoms with Crippen molar-refractivity contribution in [3.8, 4) is 0 Å². The van der Waals surface area contributed by atoms with Crippen LogP contribution in [0, 0.1) is 20.2 Å². The Kier molecular flexibility index (Phi) is 6.50. The SMILES string of the molecule is CCOC(=O)Cn1c(=NC(=O)Cc2ccc([N+](=O)[O-])cc2)sc2cc([N+](=O)[O-])ccc21. The van der Waals surface area contributed by atoms with Gasteiger partial charge in [-0.2, -0.15) is 4.99 Å². The predicted octanol–water partition coefficient (Wildman–Crippen LogP) is 2.75.